The van der Waals surface area contributed by atoms with Crippen LogP contribution in [0.25, 0.3) is 0 Å². The van der Waals surface area contributed by atoms with Crippen molar-refractivity contribution in [1.29, 1.82) is 0 Å². The second-order valence-electron chi connectivity index (χ2n) is 4.01. The number of hydrogen-bond donors (Lipinski definition) is 2. The molecule has 2 rings (SSSR count). The van der Waals surface area contributed by atoms with Crippen molar-refractivity contribution in [3.8, 4) is 5.75 Å². The molecule has 15 heavy (non-hydrogen) atoms. The third kappa shape index (κ3) is 2.08. The summed E-state index contributed by atoms with van der Waals surface area (Å²) in [6, 6.07) is 3.67. The van der Waals surface area contributed by atoms with Gasteiger partial charge in [-0.05, 0) is 46.8 Å². The van der Waals surface area contributed by atoms with Gasteiger partial charge in [-0.1, -0.05) is 22.4 Å². The van der Waals surface area contributed by atoms with Crippen molar-refractivity contribution >= 4 is 31.9 Å². The van der Waals surface area contributed by atoms with Crippen LogP contribution in [-0.4, -0.2) is 5.11 Å². The highest BCUT2D eigenvalue weighted by atomic mass is 79.9. The largest absolute Gasteiger partial charge is 0.506 e. The van der Waals surface area contributed by atoms with Gasteiger partial charge in [-0.25, -0.2) is 0 Å². The molecule has 0 saturated heterocycles. The second kappa shape index (κ2) is 4.44. The fourth-order valence-corrected chi connectivity index (χ4v) is 2.84. The van der Waals surface area contributed by atoms with Gasteiger partial charge in [0.05, 0.1) is 4.47 Å². The molecule has 1 fully saturated rings. The van der Waals surface area contributed by atoms with Crippen LogP contribution in [-0.2, 0) is 0 Å². The number of aromatic hydroxyl groups is 1. The molecule has 1 aliphatic carbocycles. The molecule has 82 valence electrons. The third-order valence-electron chi connectivity index (χ3n) is 3.11. The fourth-order valence-electron chi connectivity index (χ4n) is 1.91. The number of phenols is 1. The van der Waals surface area contributed by atoms with Crippen molar-refractivity contribution < 1.29 is 5.11 Å². The van der Waals surface area contributed by atoms with Crippen LogP contribution in [0.1, 0.15) is 30.9 Å². The predicted molar refractivity (Wildman–Crippen MR) is 67.8 cm³/mol. The average Bonchev–Trinajstić information content (AvgIpc) is 2.09. The summed E-state index contributed by atoms with van der Waals surface area (Å²) in [6.07, 6.45) is 3.59. The molecule has 0 heterocycles. The summed E-state index contributed by atoms with van der Waals surface area (Å²) in [4.78, 5) is 0. The molecule has 0 amide bonds. The highest BCUT2D eigenvalue weighted by Crippen LogP contribution is 2.44. The smallest absolute Gasteiger partial charge is 0.135 e. The van der Waals surface area contributed by atoms with Crippen LogP contribution >= 0.6 is 31.9 Å². The Balaban J connectivity index is 2.36. The van der Waals surface area contributed by atoms with Gasteiger partial charge in [0.1, 0.15) is 5.75 Å². The second-order valence-corrected chi connectivity index (χ2v) is 5.72. The average molecular weight is 335 g/mol. The maximum atomic E-state index is 9.96. The molecule has 1 aliphatic rings. The molecule has 4 heteroatoms. The molecule has 0 radical (unpaired) electrons. The van der Waals surface area contributed by atoms with E-state index in [1.807, 2.05) is 12.1 Å². The van der Waals surface area contributed by atoms with E-state index in [9.17, 15) is 5.11 Å². The quantitative estimate of drug-likeness (QED) is 0.865. The Kier molecular flexibility index (Phi) is 3.38. The first-order valence-electron chi connectivity index (χ1n) is 5.03. The van der Waals surface area contributed by atoms with Gasteiger partial charge in [-0.3, -0.25) is 0 Å². The van der Waals surface area contributed by atoms with E-state index in [0.29, 0.717) is 10.4 Å². The van der Waals surface area contributed by atoms with Crippen LogP contribution in [0.4, 0.5) is 0 Å². The minimum atomic E-state index is -0.0642. The van der Waals surface area contributed by atoms with Gasteiger partial charge >= 0.3 is 0 Å². The lowest BCUT2D eigenvalue weighted by molar-refractivity contribution is 0.260. The zero-order valence-corrected chi connectivity index (χ0v) is 11.4. The van der Waals surface area contributed by atoms with E-state index in [-0.39, 0.29) is 11.8 Å². The number of benzene rings is 1. The van der Waals surface area contributed by atoms with E-state index in [1.54, 1.807) is 0 Å². The molecule has 0 unspecified atom stereocenters. The molecule has 0 spiro atoms. The molecular weight excluding hydrogens is 322 g/mol. The summed E-state index contributed by atoms with van der Waals surface area (Å²) >= 11 is 6.75. The maximum Gasteiger partial charge on any atom is 0.135 e. The number of hydrogen-bond acceptors (Lipinski definition) is 2. The first-order chi connectivity index (χ1) is 7.11. The van der Waals surface area contributed by atoms with Crippen molar-refractivity contribution in [3.63, 3.8) is 0 Å². The lowest BCUT2D eigenvalue weighted by Gasteiger charge is -2.32. The van der Waals surface area contributed by atoms with E-state index >= 15 is 0 Å². The predicted octanol–water partition coefficient (Wildman–Crippen LogP) is 3.72. The monoisotopic (exact) mass is 333 g/mol. The van der Waals surface area contributed by atoms with E-state index in [2.05, 4.69) is 31.9 Å². The Hall–Kier alpha value is -0.0600. The zero-order chi connectivity index (χ0) is 11.0. The Morgan fingerprint density at radius 2 is 1.87 bits per heavy atom. The zero-order valence-electron chi connectivity index (χ0n) is 8.21. The first kappa shape index (κ1) is 11.4. The Morgan fingerprint density at radius 3 is 2.40 bits per heavy atom. The summed E-state index contributed by atoms with van der Waals surface area (Å²) in [5.74, 6) is 0.783. The van der Waals surface area contributed by atoms with Gasteiger partial charge in [0, 0.05) is 16.1 Å². The summed E-state index contributed by atoms with van der Waals surface area (Å²) in [7, 11) is 0. The topological polar surface area (TPSA) is 46.2 Å². The Labute approximate surface area is 106 Å². The number of halogens is 2. The van der Waals surface area contributed by atoms with Gasteiger partial charge in [0.15, 0.2) is 0 Å². The lowest BCUT2D eigenvalue weighted by atomic mass is 9.77. The van der Waals surface area contributed by atoms with Crippen LogP contribution in [0.3, 0.4) is 0 Å². The minimum Gasteiger partial charge on any atom is -0.506 e. The molecule has 0 aromatic heterocycles. The number of nitrogens with two attached hydrogens (primary N) is 1. The fraction of sp³-hybridized carbons (Fsp3) is 0.455. The van der Waals surface area contributed by atoms with Crippen molar-refractivity contribution in [2.45, 2.75) is 25.3 Å². The van der Waals surface area contributed by atoms with Crippen molar-refractivity contribution in [2.75, 3.05) is 0 Å². The molecule has 0 aliphatic heterocycles. The number of rotatable bonds is 2. The van der Waals surface area contributed by atoms with Crippen molar-refractivity contribution in [2.24, 2.45) is 11.7 Å². The van der Waals surface area contributed by atoms with Gasteiger partial charge in [0.2, 0.25) is 0 Å². The van der Waals surface area contributed by atoms with Gasteiger partial charge < -0.3 is 10.8 Å². The molecule has 1 atom stereocenters. The van der Waals surface area contributed by atoms with Gasteiger partial charge in [-0.2, -0.15) is 0 Å². The van der Waals surface area contributed by atoms with E-state index in [0.717, 1.165) is 10.0 Å². The summed E-state index contributed by atoms with van der Waals surface area (Å²) < 4.78 is 1.60. The lowest BCUT2D eigenvalue weighted by Crippen LogP contribution is -2.27. The van der Waals surface area contributed by atoms with Crippen LogP contribution in [0.15, 0.2) is 21.1 Å². The summed E-state index contributed by atoms with van der Waals surface area (Å²) in [6.45, 7) is 0. The molecule has 0 bridgehead atoms. The molecule has 1 aromatic rings. The minimum absolute atomic E-state index is 0.0642. The molecule has 2 nitrogen and oxygen atoms in total. The van der Waals surface area contributed by atoms with Gasteiger partial charge in [-0.15, -0.1) is 0 Å². The SMILES string of the molecule is N[C@@H](c1c(Br)ccc(Br)c1O)C1CCC1. The van der Waals surface area contributed by atoms with E-state index in [1.165, 1.54) is 19.3 Å². The van der Waals surface area contributed by atoms with Crippen LogP contribution in [0.5, 0.6) is 5.75 Å². The Morgan fingerprint density at radius 1 is 1.27 bits per heavy atom. The van der Waals surface area contributed by atoms with Crippen molar-refractivity contribution in [1.82, 2.24) is 0 Å². The van der Waals surface area contributed by atoms with Crippen molar-refractivity contribution in [3.05, 3.63) is 26.6 Å². The molecule has 1 saturated carbocycles. The Bertz CT molecular complexity index is 377. The van der Waals surface area contributed by atoms with Crippen LogP contribution in [0, 0.1) is 5.92 Å². The number of phenolic OH excluding ortho intramolecular Hbond substituents is 1. The van der Waals surface area contributed by atoms with Crippen LogP contribution in [0.2, 0.25) is 0 Å². The summed E-state index contributed by atoms with van der Waals surface area (Å²) in [5.41, 5.74) is 6.99. The summed E-state index contributed by atoms with van der Waals surface area (Å²) in [5, 5.41) is 9.96. The standard InChI is InChI=1S/C11H13Br2NO/c12-7-4-5-8(13)11(15)9(7)10(14)6-2-1-3-6/h4-6,10,15H,1-3,14H2/t10-/m1/s1. The van der Waals surface area contributed by atoms with E-state index < -0.39 is 0 Å². The van der Waals surface area contributed by atoms with E-state index in [4.69, 9.17) is 5.73 Å². The highest BCUT2D eigenvalue weighted by Gasteiger charge is 2.29. The third-order valence-corrected chi connectivity index (χ3v) is 4.44. The normalized spacial score (nSPS) is 18.6. The highest BCUT2D eigenvalue weighted by molar-refractivity contribution is 9.11. The first-order valence-corrected chi connectivity index (χ1v) is 6.62. The molecule has 1 aromatic carbocycles. The maximum absolute atomic E-state index is 9.96. The molecular formula is C11H13Br2NO. The molecule has 3 N–H and O–H groups in total. The van der Waals surface area contributed by atoms with Crippen LogP contribution < -0.4 is 5.73 Å². The van der Waals surface area contributed by atoms with Gasteiger partial charge in [0.25, 0.3) is 0 Å².